The molecule has 1 amide bonds. The van der Waals surface area contributed by atoms with Gasteiger partial charge in [0.1, 0.15) is 17.2 Å². The highest BCUT2D eigenvalue weighted by Crippen LogP contribution is 2.33. The van der Waals surface area contributed by atoms with Gasteiger partial charge in [-0.2, -0.15) is 0 Å². The third-order valence-electron chi connectivity index (χ3n) is 4.06. The van der Waals surface area contributed by atoms with Crippen LogP contribution in [0, 0.1) is 0 Å². The highest BCUT2D eigenvalue weighted by Gasteiger charge is 2.21. The van der Waals surface area contributed by atoms with Crippen molar-refractivity contribution in [2.45, 2.75) is 13.3 Å². The maximum atomic E-state index is 12.9. The van der Waals surface area contributed by atoms with Crippen LogP contribution in [0.4, 0.5) is 5.69 Å². The average molecular weight is 340 g/mol. The number of amides is 1. The molecule has 0 aliphatic heterocycles. The number of methoxy groups -OCH3 is 2. The number of likely N-dealkylation sites (N-methyl/N-ethyl adjacent to an activating group) is 1. The molecule has 0 saturated heterocycles. The lowest BCUT2D eigenvalue weighted by Crippen LogP contribution is -2.32. The van der Waals surface area contributed by atoms with Crippen LogP contribution < -0.4 is 14.4 Å². The van der Waals surface area contributed by atoms with E-state index in [0.29, 0.717) is 35.0 Å². The smallest absolute Gasteiger partial charge is 0.233 e. The number of aromatic nitrogens is 1. The number of benzene rings is 2. The van der Waals surface area contributed by atoms with Crippen molar-refractivity contribution in [2.75, 3.05) is 25.7 Å². The molecule has 0 atom stereocenters. The van der Waals surface area contributed by atoms with Crippen LogP contribution in [-0.2, 0) is 11.2 Å². The summed E-state index contributed by atoms with van der Waals surface area (Å²) in [5.41, 5.74) is 1.97. The van der Waals surface area contributed by atoms with E-state index in [-0.39, 0.29) is 12.3 Å². The van der Waals surface area contributed by atoms with Crippen molar-refractivity contribution < 1.29 is 18.8 Å². The molecule has 0 fully saturated rings. The van der Waals surface area contributed by atoms with Crippen molar-refractivity contribution in [3.63, 3.8) is 0 Å². The van der Waals surface area contributed by atoms with Gasteiger partial charge in [-0.05, 0) is 31.2 Å². The minimum absolute atomic E-state index is 0.0897. The largest absolute Gasteiger partial charge is 0.497 e. The number of nitrogens with zero attached hydrogens (tertiary/aromatic N) is 2. The number of carbonyl (C=O) groups is 1. The number of anilines is 1. The van der Waals surface area contributed by atoms with Gasteiger partial charge in [-0.15, -0.1) is 0 Å². The van der Waals surface area contributed by atoms with Crippen LogP contribution in [0.15, 0.2) is 47.0 Å². The summed E-state index contributed by atoms with van der Waals surface area (Å²) in [7, 11) is 3.17. The average Bonchev–Trinajstić information content (AvgIpc) is 3.05. The number of rotatable bonds is 6. The fraction of sp³-hybridized carbons (Fsp3) is 0.263. The Balaban J connectivity index is 1.91. The Bertz CT molecular complexity index is 888. The molecule has 25 heavy (non-hydrogen) atoms. The zero-order valence-corrected chi connectivity index (χ0v) is 14.5. The van der Waals surface area contributed by atoms with Crippen LogP contribution in [0.2, 0.25) is 0 Å². The van der Waals surface area contributed by atoms with Gasteiger partial charge >= 0.3 is 0 Å². The van der Waals surface area contributed by atoms with E-state index in [9.17, 15) is 4.79 Å². The van der Waals surface area contributed by atoms with Crippen molar-refractivity contribution in [1.29, 1.82) is 0 Å². The van der Waals surface area contributed by atoms with Crippen molar-refractivity contribution in [1.82, 2.24) is 5.16 Å². The number of fused-ring (bicyclic) bond motifs is 1. The molecule has 1 aromatic heterocycles. The van der Waals surface area contributed by atoms with E-state index in [2.05, 4.69) is 5.16 Å². The molecule has 0 bridgehead atoms. The van der Waals surface area contributed by atoms with Gasteiger partial charge in [-0.25, -0.2) is 0 Å². The Morgan fingerprint density at radius 3 is 2.68 bits per heavy atom. The maximum absolute atomic E-state index is 12.9. The fourth-order valence-electron chi connectivity index (χ4n) is 2.79. The molecule has 0 aliphatic carbocycles. The van der Waals surface area contributed by atoms with Gasteiger partial charge in [0.25, 0.3) is 0 Å². The normalized spacial score (nSPS) is 10.7. The Kier molecular flexibility index (Phi) is 4.88. The van der Waals surface area contributed by atoms with Crippen LogP contribution in [0.3, 0.4) is 0 Å². The van der Waals surface area contributed by atoms with Crippen molar-refractivity contribution in [3.05, 3.63) is 48.2 Å². The molecular weight excluding hydrogens is 320 g/mol. The first-order valence-electron chi connectivity index (χ1n) is 8.03. The second-order valence-electron chi connectivity index (χ2n) is 5.48. The summed E-state index contributed by atoms with van der Waals surface area (Å²) < 4.78 is 16.0. The molecule has 130 valence electrons. The second-order valence-corrected chi connectivity index (χ2v) is 5.48. The van der Waals surface area contributed by atoms with E-state index in [1.165, 1.54) is 0 Å². The van der Waals surface area contributed by atoms with E-state index in [4.69, 9.17) is 14.0 Å². The summed E-state index contributed by atoms with van der Waals surface area (Å²) in [4.78, 5) is 14.6. The van der Waals surface area contributed by atoms with Crippen LogP contribution >= 0.6 is 0 Å². The SMILES string of the molecule is CCN(C(=O)Cc1noc2ccccc12)c1cc(OC)ccc1OC. The molecule has 6 heteroatoms. The molecule has 0 radical (unpaired) electrons. The summed E-state index contributed by atoms with van der Waals surface area (Å²) in [6, 6.07) is 12.9. The molecule has 3 aromatic rings. The summed E-state index contributed by atoms with van der Waals surface area (Å²) in [6.07, 6.45) is 0.144. The van der Waals surface area contributed by atoms with E-state index >= 15 is 0 Å². The Morgan fingerprint density at radius 2 is 1.96 bits per heavy atom. The molecular formula is C19H20N2O4. The maximum Gasteiger partial charge on any atom is 0.233 e. The lowest BCUT2D eigenvalue weighted by Gasteiger charge is -2.23. The third kappa shape index (κ3) is 3.28. The monoisotopic (exact) mass is 340 g/mol. The molecule has 3 rings (SSSR count). The van der Waals surface area contributed by atoms with Gasteiger partial charge < -0.3 is 18.9 Å². The number of ether oxygens (including phenoxy) is 2. The number of hydrogen-bond acceptors (Lipinski definition) is 5. The standard InChI is InChI=1S/C19H20N2O4/c1-4-21(16-11-13(23-2)9-10-18(16)24-3)19(22)12-15-14-7-5-6-8-17(14)25-20-15/h5-11H,4,12H2,1-3H3. The second kappa shape index (κ2) is 7.25. The predicted octanol–water partition coefficient (Wildman–Crippen LogP) is 3.44. The van der Waals surface area contributed by atoms with E-state index < -0.39 is 0 Å². The molecule has 1 heterocycles. The highest BCUT2D eigenvalue weighted by atomic mass is 16.5. The molecule has 0 spiro atoms. The lowest BCUT2D eigenvalue weighted by molar-refractivity contribution is -0.118. The van der Waals surface area contributed by atoms with E-state index in [1.807, 2.05) is 31.2 Å². The molecule has 2 aromatic carbocycles. The first kappa shape index (κ1) is 16.8. The minimum Gasteiger partial charge on any atom is -0.497 e. The zero-order valence-electron chi connectivity index (χ0n) is 14.5. The quantitative estimate of drug-likeness (QED) is 0.688. The van der Waals surface area contributed by atoms with Crippen LogP contribution in [0.5, 0.6) is 11.5 Å². The van der Waals surface area contributed by atoms with E-state index in [0.717, 1.165) is 5.39 Å². The van der Waals surface area contributed by atoms with Crippen molar-refractivity contribution in [2.24, 2.45) is 0 Å². The fourth-order valence-corrected chi connectivity index (χ4v) is 2.79. The van der Waals surface area contributed by atoms with Gasteiger partial charge in [-0.3, -0.25) is 4.79 Å². The van der Waals surface area contributed by atoms with E-state index in [1.54, 1.807) is 37.3 Å². The van der Waals surface area contributed by atoms with Gasteiger partial charge in [-0.1, -0.05) is 17.3 Å². The third-order valence-corrected chi connectivity index (χ3v) is 4.06. The van der Waals surface area contributed by atoms with Crippen LogP contribution in [0.1, 0.15) is 12.6 Å². The molecule has 0 N–H and O–H groups in total. The summed E-state index contributed by atoms with van der Waals surface area (Å²) >= 11 is 0. The summed E-state index contributed by atoms with van der Waals surface area (Å²) in [5, 5.41) is 4.89. The molecule has 0 saturated carbocycles. The van der Waals surface area contributed by atoms with Gasteiger partial charge in [0.15, 0.2) is 5.58 Å². The van der Waals surface area contributed by atoms with Gasteiger partial charge in [0.05, 0.1) is 26.3 Å². The van der Waals surface area contributed by atoms with Gasteiger partial charge in [0, 0.05) is 18.0 Å². The molecule has 6 nitrogen and oxygen atoms in total. The molecule has 0 unspecified atom stereocenters. The first-order chi connectivity index (χ1) is 12.2. The predicted molar refractivity (Wildman–Crippen MR) is 95.3 cm³/mol. The Morgan fingerprint density at radius 1 is 1.16 bits per heavy atom. The number of para-hydroxylation sites is 1. The summed E-state index contributed by atoms with van der Waals surface area (Å²) in [5.74, 6) is 1.18. The topological polar surface area (TPSA) is 64.8 Å². The Labute approximate surface area is 145 Å². The summed E-state index contributed by atoms with van der Waals surface area (Å²) in [6.45, 7) is 2.41. The van der Waals surface area contributed by atoms with Crippen LogP contribution in [-0.4, -0.2) is 31.8 Å². The van der Waals surface area contributed by atoms with Crippen molar-refractivity contribution >= 4 is 22.6 Å². The first-order valence-corrected chi connectivity index (χ1v) is 8.03. The van der Waals surface area contributed by atoms with Gasteiger partial charge in [0.2, 0.25) is 5.91 Å². The highest BCUT2D eigenvalue weighted by molar-refractivity contribution is 5.98. The van der Waals surface area contributed by atoms with Crippen molar-refractivity contribution in [3.8, 4) is 11.5 Å². The molecule has 0 aliphatic rings. The minimum atomic E-state index is -0.0897. The Hall–Kier alpha value is -3.02. The zero-order chi connectivity index (χ0) is 17.8. The lowest BCUT2D eigenvalue weighted by atomic mass is 10.1. The number of hydrogen-bond donors (Lipinski definition) is 0. The van der Waals surface area contributed by atoms with Crippen LogP contribution in [0.25, 0.3) is 11.0 Å². The number of carbonyl (C=O) groups excluding carboxylic acids is 1.